The van der Waals surface area contributed by atoms with Crippen LogP contribution in [0.15, 0.2) is 77.3 Å². The summed E-state index contributed by atoms with van der Waals surface area (Å²) >= 11 is 9.55. The number of para-hydroxylation sites is 1. The summed E-state index contributed by atoms with van der Waals surface area (Å²) in [4.78, 5) is 34.8. The number of hydrogen-bond acceptors (Lipinski definition) is 2. The fourth-order valence-corrected chi connectivity index (χ4v) is 6.16. The molecule has 0 saturated carbocycles. The van der Waals surface area contributed by atoms with Gasteiger partial charge in [-0.05, 0) is 60.4 Å². The van der Waals surface area contributed by atoms with Crippen LogP contribution in [0.4, 0.5) is 0 Å². The highest BCUT2D eigenvalue weighted by Crippen LogP contribution is 2.48. The Hall–Kier alpha value is -3.09. The third-order valence-electron chi connectivity index (χ3n) is 7.67. The number of piperazine rings is 1. The normalized spacial score (nSPS) is 21.6. The highest BCUT2D eigenvalue weighted by Gasteiger charge is 2.56. The van der Waals surface area contributed by atoms with Crippen molar-refractivity contribution in [2.75, 3.05) is 19.6 Å². The largest absolute Gasteiger partial charge is 0.356 e. The van der Waals surface area contributed by atoms with Gasteiger partial charge in [-0.25, -0.2) is 0 Å². The van der Waals surface area contributed by atoms with E-state index in [2.05, 4.69) is 39.1 Å². The molecule has 1 N–H and O–H groups in total. The SMILES string of the molecule is C[C@]12C(=O)N(CCc3ccc(Cl)cc3)CC(=O)N1C[C@H](c1ccc(Br)cc1)c1c2[nH]c2ccccc12. The lowest BCUT2D eigenvalue weighted by molar-refractivity contribution is -0.166. The number of H-pyrrole nitrogens is 1. The van der Waals surface area contributed by atoms with Gasteiger partial charge in [-0.2, -0.15) is 0 Å². The van der Waals surface area contributed by atoms with Gasteiger partial charge in [0.2, 0.25) is 5.91 Å². The average molecular weight is 563 g/mol. The van der Waals surface area contributed by atoms with Crippen LogP contribution < -0.4 is 0 Å². The van der Waals surface area contributed by atoms with Crippen LogP contribution in [0.1, 0.15) is 35.2 Å². The van der Waals surface area contributed by atoms with Crippen LogP contribution in [0.3, 0.4) is 0 Å². The molecule has 1 fully saturated rings. The zero-order valence-electron chi connectivity index (χ0n) is 19.8. The minimum atomic E-state index is -1.09. The average Bonchev–Trinajstić information content (AvgIpc) is 3.28. The molecule has 2 aliphatic rings. The summed E-state index contributed by atoms with van der Waals surface area (Å²) in [5.74, 6) is -0.104. The summed E-state index contributed by atoms with van der Waals surface area (Å²) in [7, 11) is 0. The lowest BCUT2D eigenvalue weighted by Gasteiger charge is -2.51. The third kappa shape index (κ3) is 3.66. The van der Waals surface area contributed by atoms with E-state index in [1.165, 1.54) is 0 Å². The van der Waals surface area contributed by atoms with Gasteiger partial charge < -0.3 is 14.8 Å². The van der Waals surface area contributed by atoms with Crippen LogP contribution in [0.5, 0.6) is 0 Å². The predicted octanol–water partition coefficient (Wildman–Crippen LogP) is 5.86. The van der Waals surface area contributed by atoms with E-state index in [-0.39, 0.29) is 24.3 Å². The molecule has 4 aromatic rings. The second kappa shape index (κ2) is 8.79. The first-order valence-corrected chi connectivity index (χ1v) is 13.2. The maximum atomic E-state index is 14.1. The highest BCUT2D eigenvalue weighted by atomic mass is 79.9. The molecule has 3 heterocycles. The fraction of sp³-hybridized carbons (Fsp3) is 0.241. The quantitative estimate of drug-likeness (QED) is 0.339. The fourth-order valence-electron chi connectivity index (χ4n) is 5.77. The molecule has 3 aromatic carbocycles. The van der Waals surface area contributed by atoms with Gasteiger partial charge in [0.05, 0.1) is 12.2 Å². The first kappa shape index (κ1) is 23.3. The maximum Gasteiger partial charge on any atom is 0.254 e. The molecule has 6 rings (SSSR count). The molecular formula is C29H25BrClN3O2. The summed E-state index contributed by atoms with van der Waals surface area (Å²) in [6.45, 7) is 2.92. The summed E-state index contributed by atoms with van der Waals surface area (Å²) in [5.41, 5.74) is 4.01. The Bertz CT molecular complexity index is 1480. The molecule has 1 aromatic heterocycles. The van der Waals surface area contributed by atoms with Gasteiger partial charge in [-0.3, -0.25) is 9.59 Å². The summed E-state index contributed by atoms with van der Waals surface area (Å²) in [6.07, 6.45) is 0.660. The van der Waals surface area contributed by atoms with E-state index < -0.39 is 5.54 Å². The van der Waals surface area contributed by atoms with Gasteiger partial charge in [-0.1, -0.05) is 70.0 Å². The molecule has 36 heavy (non-hydrogen) atoms. The first-order valence-electron chi connectivity index (χ1n) is 12.1. The van der Waals surface area contributed by atoms with E-state index in [0.717, 1.165) is 37.8 Å². The summed E-state index contributed by atoms with van der Waals surface area (Å²) in [6, 6.07) is 24.0. The number of benzene rings is 3. The van der Waals surface area contributed by atoms with E-state index in [1.54, 1.807) is 9.80 Å². The van der Waals surface area contributed by atoms with Gasteiger partial charge in [0.15, 0.2) is 5.54 Å². The minimum absolute atomic E-state index is 0.0281. The Morgan fingerprint density at radius 2 is 1.75 bits per heavy atom. The molecule has 0 bridgehead atoms. The van der Waals surface area contributed by atoms with Crippen molar-refractivity contribution in [1.82, 2.24) is 14.8 Å². The number of aromatic nitrogens is 1. The maximum absolute atomic E-state index is 14.1. The molecule has 0 radical (unpaired) electrons. The van der Waals surface area contributed by atoms with Crippen LogP contribution in [0, 0.1) is 0 Å². The molecule has 0 aliphatic carbocycles. The Kier molecular flexibility index (Phi) is 5.69. The van der Waals surface area contributed by atoms with Crippen molar-refractivity contribution in [2.45, 2.75) is 24.8 Å². The molecule has 1 saturated heterocycles. The molecule has 182 valence electrons. The Balaban J connectivity index is 1.43. The number of nitrogens with one attached hydrogen (secondary N) is 1. The predicted molar refractivity (Wildman–Crippen MR) is 145 cm³/mol. The highest BCUT2D eigenvalue weighted by molar-refractivity contribution is 9.10. The number of rotatable bonds is 4. The van der Waals surface area contributed by atoms with E-state index in [1.807, 2.05) is 61.5 Å². The van der Waals surface area contributed by atoms with E-state index in [9.17, 15) is 9.59 Å². The molecule has 0 unspecified atom stereocenters. The Labute approximate surface area is 223 Å². The van der Waals surface area contributed by atoms with Gasteiger partial charge in [0.1, 0.15) is 0 Å². The minimum Gasteiger partial charge on any atom is -0.356 e. The van der Waals surface area contributed by atoms with Crippen LogP contribution in [-0.2, 0) is 21.5 Å². The monoisotopic (exact) mass is 561 g/mol. The van der Waals surface area contributed by atoms with Crippen molar-refractivity contribution < 1.29 is 9.59 Å². The number of carbonyl (C=O) groups is 2. The molecule has 2 atom stereocenters. The Morgan fingerprint density at radius 3 is 2.50 bits per heavy atom. The van der Waals surface area contributed by atoms with E-state index in [4.69, 9.17) is 11.6 Å². The lowest BCUT2D eigenvalue weighted by atomic mass is 9.76. The lowest BCUT2D eigenvalue weighted by Crippen LogP contribution is -2.67. The van der Waals surface area contributed by atoms with Crippen molar-refractivity contribution in [3.63, 3.8) is 0 Å². The molecule has 7 heteroatoms. The second-order valence-electron chi connectivity index (χ2n) is 9.74. The zero-order chi connectivity index (χ0) is 25.0. The molecule has 5 nitrogen and oxygen atoms in total. The van der Waals surface area contributed by atoms with Crippen molar-refractivity contribution >= 4 is 50.2 Å². The second-order valence-corrected chi connectivity index (χ2v) is 11.1. The van der Waals surface area contributed by atoms with Gasteiger partial charge in [0.25, 0.3) is 5.91 Å². The number of carbonyl (C=O) groups excluding carboxylic acids is 2. The summed E-state index contributed by atoms with van der Waals surface area (Å²) < 4.78 is 1.01. The number of halogens is 2. The first-order chi connectivity index (χ1) is 17.4. The van der Waals surface area contributed by atoms with E-state index in [0.29, 0.717) is 24.5 Å². The van der Waals surface area contributed by atoms with Crippen molar-refractivity contribution in [3.8, 4) is 0 Å². The Morgan fingerprint density at radius 1 is 1.03 bits per heavy atom. The molecule has 2 aliphatic heterocycles. The number of aromatic amines is 1. The number of fused-ring (bicyclic) bond motifs is 5. The smallest absolute Gasteiger partial charge is 0.254 e. The van der Waals surface area contributed by atoms with Crippen molar-refractivity contribution in [1.29, 1.82) is 0 Å². The van der Waals surface area contributed by atoms with Crippen LogP contribution in [0.25, 0.3) is 10.9 Å². The number of amides is 2. The van der Waals surface area contributed by atoms with Gasteiger partial charge in [-0.15, -0.1) is 0 Å². The number of hydrogen-bond donors (Lipinski definition) is 1. The molecule has 0 spiro atoms. The zero-order valence-corrected chi connectivity index (χ0v) is 22.1. The molecule has 2 amide bonds. The van der Waals surface area contributed by atoms with E-state index >= 15 is 0 Å². The van der Waals surface area contributed by atoms with Gasteiger partial charge >= 0.3 is 0 Å². The molecular weight excluding hydrogens is 538 g/mol. The van der Waals surface area contributed by atoms with Crippen LogP contribution in [0.2, 0.25) is 5.02 Å². The van der Waals surface area contributed by atoms with Crippen LogP contribution >= 0.6 is 27.5 Å². The van der Waals surface area contributed by atoms with Crippen molar-refractivity contribution in [3.05, 3.63) is 105 Å². The summed E-state index contributed by atoms with van der Waals surface area (Å²) in [5, 5.41) is 1.78. The van der Waals surface area contributed by atoms with Crippen LogP contribution in [-0.4, -0.2) is 46.2 Å². The van der Waals surface area contributed by atoms with Crippen molar-refractivity contribution in [2.24, 2.45) is 0 Å². The topological polar surface area (TPSA) is 56.4 Å². The number of nitrogens with zero attached hydrogens (tertiary/aromatic N) is 2. The van der Waals surface area contributed by atoms with Gasteiger partial charge in [0, 0.05) is 39.4 Å². The third-order valence-corrected chi connectivity index (χ3v) is 8.45. The standard InChI is InChI=1S/C29H25BrClN3O2/c1-29-27-26(22-4-2-3-5-24(22)32-27)23(19-8-10-20(30)11-9-19)16-34(29)25(35)17-33(28(29)36)15-14-18-6-12-21(31)13-7-18/h2-13,23,32H,14-17H2,1H3/t23-,29+/m1/s1.